The van der Waals surface area contributed by atoms with E-state index in [2.05, 4.69) is 10.6 Å². The summed E-state index contributed by atoms with van der Waals surface area (Å²) in [6.45, 7) is 4.77. The summed E-state index contributed by atoms with van der Waals surface area (Å²) in [7, 11) is 0. The van der Waals surface area contributed by atoms with E-state index in [1.165, 1.54) is 0 Å². The van der Waals surface area contributed by atoms with E-state index in [0.29, 0.717) is 0 Å². The number of rotatable bonds is 37. The largest absolute Gasteiger partial charge is 0.394 e. The number of ether oxygens (including phenoxy) is 11. The number of nitrogens with one attached hydrogen (secondary N) is 2. The van der Waals surface area contributed by atoms with E-state index in [9.17, 15) is 45.0 Å². The van der Waals surface area contributed by atoms with Gasteiger partial charge in [0, 0.05) is 37.8 Å². The van der Waals surface area contributed by atoms with Crippen LogP contribution in [0.25, 0.3) is 0 Å². The van der Waals surface area contributed by atoms with Crippen LogP contribution in [0.5, 0.6) is 0 Å². The fourth-order valence-electron chi connectivity index (χ4n) is 5.84. The average molecular weight is 905 g/mol. The molecule has 24 nitrogen and oxygen atoms in total. The molecule has 2 amide bonds. The number of carbonyl (C=O) groups excluding carboxylic acids is 3. The van der Waals surface area contributed by atoms with Crippen LogP contribution >= 0.6 is 0 Å². The van der Waals surface area contributed by atoms with Gasteiger partial charge in [-0.3, -0.25) is 9.59 Å². The molecule has 0 aromatic carbocycles. The summed E-state index contributed by atoms with van der Waals surface area (Å²) in [6.07, 6.45) is -8.02. The van der Waals surface area contributed by atoms with E-state index in [4.69, 9.17) is 63.6 Å². The van der Waals surface area contributed by atoms with Crippen molar-refractivity contribution in [3.8, 4) is 0 Å². The van der Waals surface area contributed by atoms with Crippen LogP contribution in [-0.4, -0.2) is 242 Å². The van der Waals surface area contributed by atoms with Gasteiger partial charge in [0.25, 0.3) is 0 Å². The van der Waals surface area contributed by atoms with Gasteiger partial charge in [-0.1, -0.05) is 6.92 Å². The van der Waals surface area contributed by atoms with Gasteiger partial charge in [0.05, 0.1) is 131 Å². The number of hydrogen-bond acceptors (Lipinski definition) is 22. The number of carbonyl (C=O) groups is 3. The van der Waals surface area contributed by atoms with Crippen molar-refractivity contribution in [1.29, 1.82) is 0 Å². The molecule has 10 unspecified atom stereocenters. The van der Waals surface area contributed by atoms with Crippen LogP contribution in [0, 0.1) is 5.41 Å². The van der Waals surface area contributed by atoms with E-state index >= 15 is 0 Å². The van der Waals surface area contributed by atoms with Crippen molar-refractivity contribution >= 4 is 18.1 Å². The number of amides is 2. The van der Waals surface area contributed by atoms with Gasteiger partial charge in [0.2, 0.25) is 11.8 Å². The Morgan fingerprint density at radius 1 is 0.565 bits per heavy atom. The van der Waals surface area contributed by atoms with Gasteiger partial charge in [-0.15, -0.1) is 0 Å². The van der Waals surface area contributed by atoms with Crippen LogP contribution in [0.2, 0.25) is 0 Å². The quantitative estimate of drug-likeness (QED) is 0.0205. The van der Waals surface area contributed by atoms with Crippen LogP contribution in [-0.2, 0) is 66.5 Å². The Morgan fingerprint density at radius 3 is 1.32 bits per heavy atom. The van der Waals surface area contributed by atoms with Gasteiger partial charge in [0.15, 0.2) is 12.6 Å². The minimum Gasteiger partial charge on any atom is -0.394 e. The lowest BCUT2D eigenvalue weighted by molar-refractivity contribution is -0.267. The maximum absolute atomic E-state index is 12.3. The van der Waals surface area contributed by atoms with Crippen molar-refractivity contribution in [2.45, 2.75) is 87.5 Å². The Labute approximate surface area is 362 Å². The Morgan fingerprint density at radius 2 is 0.935 bits per heavy atom. The summed E-state index contributed by atoms with van der Waals surface area (Å²) < 4.78 is 60.6. The lowest BCUT2D eigenvalue weighted by Gasteiger charge is -2.40. The standard InChI is InChI=1S/C38H72N4O20/c1-38(23-56-8-2-7-43,24-57-9-3-28(46)41-5-11-52-13-15-54-17-19-59-36-30(39)34(50)32(48)26(21-44)61-36)25-58-10-4-29(47)42-6-12-53-14-16-55-18-20-60-37-31(40)35(51)33(49)27(22-45)62-37/h7,26-27,30-37,44-45,48-51H,2-6,8-25,39-40H2,1H3,(H,41,46)(H,42,47). The van der Waals surface area contributed by atoms with Crippen molar-refractivity contribution < 1.29 is 97.1 Å². The minimum absolute atomic E-state index is 0.0974. The Hall–Kier alpha value is -2.15. The highest BCUT2D eigenvalue weighted by molar-refractivity contribution is 5.76. The fourth-order valence-corrected chi connectivity index (χ4v) is 5.84. The molecule has 2 fully saturated rings. The molecule has 2 aliphatic rings. The zero-order valence-corrected chi connectivity index (χ0v) is 35.7. The predicted octanol–water partition coefficient (Wildman–Crippen LogP) is -5.72. The highest BCUT2D eigenvalue weighted by Crippen LogP contribution is 2.22. The SMILES string of the molecule is CC(COCCC=O)(COCCC(=O)NCCOCCOCCOC1OC(CO)C(O)C(O)C1N)COCCC(=O)NCCOCCOCCOC1OC(CO)C(O)C(O)C1N. The lowest BCUT2D eigenvalue weighted by Crippen LogP contribution is -2.62. The van der Waals surface area contributed by atoms with Crippen molar-refractivity contribution in [1.82, 2.24) is 10.6 Å². The third-order valence-electron chi connectivity index (χ3n) is 9.44. The number of aliphatic hydroxyl groups is 6. The predicted molar refractivity (Wildman–Crippen MR) is 213 cm³/mol. The molecule has 0 aromatic rings. The number of aliphatic hydroxyl groups excluding tert-OH is 6. The first-order chi connectivity index (χ1) is 29.9. The third-order valence-corrected chi connectivity index (χ3v) is 9.44. The molecule has 12 N–H and O–H groups in total. The molecule has 62 heavy (non-hydrogen) atoms. The first-order valence-electron chi connectivity index (χ1n) is 20.9. The molecule has 0 bridgehead atoms. The van der Waals surface area contributed by atoms with Crippen LogP contribution in [0.4, 0.5) is 0 Å². The van der Waals surface area contributed by atoms with Crippen LogP contribution in [0.3, 0.4) is 0 Å². The maximum atomic E-state index is 12.3. The highest BCUT2D eigenvalue weighted by Gasteiger charge is 2.44. The lowest BCUT2D eigenvalue weighted by atomic mass is 9.94. The van der Waals surface area contributed by atoms with Crippen molar-refractivity contribution in [2.24, 2.45) is 16.9 Å². The van der Waals surface area contributed by atoms with Gasteiger partial charge in [-0.2, -0.15) is 0 Å². The smallest absolute Gasteiger partial charge is 0.222 e. The molecule has 0 aromatic heterocycles. The Bertz CT molecular complexity index is 1100. The topological polar surface area (TPSA) is 350 Å². The van der Waals surface area contributed by atoms with E-state index in [1.54, 1.807) is 0 Å². The van der Waals surface area contributed by atoms with Gasteiger partial charge in [-0.05, 0) is 0 Å². The molecule has 364 valence electrons. The molecule has 2 heterocycles. The highest BCUT2D eigenvalue weighted by atomic mass is 16.7. The van der Waals surface area contributed by atoms with E-state index in [0.717, 1.165) is 6.29 Å². The van der Waals surface area contributed by atoms with E-state index in [1.807, 2.05) is 6.92 Å². The summed E-state index contributed by atoms with van der Waals surface area (Å²) >= 11 is 0. The van der Waals surface area contributed by atoms with E-state index in [-0.39, 0.29) is 150 Å². The van der Waals surface area contributed by atoms with Crippen molar-refractivity contribution in [3.63, 3.8) is 0 Å². The summed E-state index contributed by atoms with van der Waals surface area (Å²) in [5.74, 6) is -0.448. The number of nitrogens with two attached hydrogens (primary N) is 2. The second-order valence-corrected chi connectivity index (χ2v) is 14.9. The average Bonchev–Trinajstić information content (AvgIpc) is 3.26. The molecule has 2 rings (SSSR count). The first kappa shape index (κ1) is 56.0. The fraction of sp³-hybridized carbons (Fsp3) is 0.921. The van der Waals surface area contributed by atoms with Crippen LogP contribution in [0.15, 0.2) is 0 Å². The van der Waals surface area contributed by atoms with E-state index < -0.39 is 79.9 Å². The van der Waals surface area contributed by atoms with Gasteiger partial charge >= 0.3 is 0 Å². The molecular formula is C38H72N4O20. The third kappa shape index (κ3) is 22.7. The normalized spacial score (nSPS) is 27.4. The maximum Gasteiger partial charge on any atom is 0.222 e. The summed E-state index contributed by atoms with van der Waals surface area (Å²) in [5, 5.41) is 63.7. The zero-order valence-electron chi connectivity index (χ0n) is 35.7. The Balaban J connectivity index is 1.47. The molecule has 24 heteroatoms. The van der Waals surface area contributed by atoms with Crippen molar-refractivity contribution in [2.75, 3.05) is 132 Å². The monoisotopic (exact) mass is 904 g/mol. The summed E-state index contributed by atoms with van der Waals surface area (Å²) in [4.78, 5) is 35.3. The Kier molecular flexibility index (Phi) is 30.1. The molecule has 2 saturated heterocycles. The van der Waals surface area contributed by atoms with Crippen LogP contribution in [0.1, 0.15) is 26.2 Å². The zero-order chi connectivity index (χ0) is 45.6. The van der Waals surface area contributed by atoms with Gasteiger partial charge < -0.3 is 110 Å². The molecule has 0 radical (unpaired) electrons. The number of hydrogen-bond donors (Lipinski definition) is 10. The second-order valence-electron chi connectivity index (χ2n) is 14.9. The number of aldehydes is 1. The molecule has 10 atom stereocenters. The van der Waals surface area contributed by atoms with Crippen LogP contribution < -0.4 is 22.1 Å². The molecular weight excluding hydrogens is 832 g/mol. The van der Waals surface area contributed by atoms with Gasteiger partial charge in [0.1, 0.15) is 42.9 Å². The minimum atomic E-state index is -1.31. The van der Waals surface area contributed by atoms with Gasteiger partial charge in [-0.25, -0.2) is 0 Å². The molecule has 0 saturated carbocycles. The first-order valence-corrected chi connectivity index (χ1v) is 20.9. The summed E-state index contributed by atoms with van der Waals surface area (Å²) in [5.41, 5.74) is 11.0. The molecule has 2 aliphatic heterocycles. The second kappa shape index (κ2) is 33.3. The molecule has 0 aliphatic carbocycles. The summed E-state index contributed by atoms with van der Waals surface area (Å²) in [6, 6.07) is -1.97. The van der Waals surface area contributed by atoms with Crippen molar-refractivity contribution in [3.05, 3.63) is 0 Å². The molecule has 0 spiro atoms.